The highest BCUT2D eigenvalue weighted by Gasteiger charge is 2.19. The monoisotopic (exact) mass is 181 g/mol. The van der Waals surface area contributed by atoms with Crippen molar-refractivity contribution in [1.29, 1.82) is 0 Å². The van der Waals surface area contributed by atoms with Crippen LogP contribution in [-0.2, 0) is 5.54 Å². The number of rotatable bonds is 1. The Bertz CT molecular complexity index is 292. The molecule has 0 spiro atoms. The molecule has 0 fully saturated rings. The van der Waals surface area contributed by atoms with Crippen molar-refractivity contribution in [2.24, 2.45) is 5.73 Å². The van der Waals surface area contributed by atoms with Crippen LogP contribution in [0.15, 0.2) is 6.07 Å². The lowest BCUT2D eigenvalue weighted by Crippen LogP contribution is -2.27. The van der Waals surface area contributed by atoms with Crippen molar-refractivity contribution in [2.75, 3.05) is 0 Å². The summed E-state index contributed by atoms with van der Waals surface area (Å²) in [6.07, 6.45) is 0. The molecule has 0 aliphatic carbocycles. The predicted molar refractivity (Wildman–Crippen MR) is 54.6 cm³/mol. The first-order valence-electron chi connectivity index (χ1n) is 4.65. The van der Waals surface area contributed by atoms with Crippen molar-refractivity contribution in [1.82, 2.24) is 9.78 Å². The Balaban J connectivity index is 3.20. The third-order valence-corrected chi connectivity index (χ3v) is 1.96. The lowest BCUT2D eigenvalue weighted by Gasteiger charge is -2.23. The van der Waals surface area contributed by atoms with Crippen LogP contribution in [-0.4, -0.2) is 9.78 Å². The van der Waals surface area contributed by atoms with Crippen LogP contribution in [0.2, 0.25) is 0 Å². The first-order chi connectivity index (χ1) is 5.82. The van der Waals surface area contributed by atoms with Crippen LogP contribution in [0.5, 0.6) is 0 Å². The Morgan fingerprint density at radius 3 is 2.31 bits per heavy atom. The van der Waals surface area contributed by atoms with Gasteiger partial charge in [-0.25, -0.2) is 0 Å². The molecule has 0 bridgehead atoms. The zero-order valence-corrected chi connectivity index (χ0v) is 9.13. The van der Waals surface area contributed by atoms with Crippen molar-refractivity contribution in [2.45, 2.75) is 46.2 Å². The van der Waals surface area contributed by atoms with Gasteiger partial charge in [0.05, 0.1) is 16.9 Å². The van der Waals surface area contributed by atoms with Crippen LogP contribution in [0.3, 0.4) is 0 Å². The van der Waals surface area contributed by atoms with Gasteiger partial charge in [0.2, 0.25) is 0 Å². The number of nitrogens with two attached hydrogens (primary N) is 1. The molecule has 0 amide bonds. The first-order valence-corrected chi connectivity index (χ1v) is 4.65. The molecule has 0 unspecified atom stereocenters. The van der Waals surface area contributed by atoms with E-state index >= 15 is 0 Å². The Hall–Kier alpha value is -0.830. The van der Waals surface area contributed by atoms with Crippen LogP contribution in [0.4, 0.5) is 0 Å². The van der Waals surface area contributed by atoms with Gasteiger partial charge in [-0.2, -0.15) is 5.10 Å². The lowest BCUT2D eigenvalue weighted by atomic mass is 10.1. The molecule has 0 radical (unpaired) electrons. The van der Waals surface area contributed by atoms with Gasteiger partial charge in [0.1, 0.15) is 0 Å². The second-order valence-corrected chi connectivity index (χ2v) is 4.58. The highest BCUT2D eigenvalue weighted by molar-refractivity contribution is 5.13. The van der Waals surface area contributed by atoms with Gasteiger partial charge in [-0.15, -0.1) is 0 Å². The quantitative estimate of drug-likeness (QED) is 0.719. The Morgan fingerprint density at radius 1 is 1.46 bits per heavy atom. The highest BCUT2D eigenvalue weighted by Crippen LogP contribution is 2.20. The summed E-state index contributed by atoms with van der Waals surface area (Å²) >= 11 is 0. The maximum Gasteiger partial charge on any atom is 0.0597 e. The summed E-state index contributed by atoms with van der Waals surface area (Å²) in [6, 6.07) is 2.09. The molecule has 0 saturated carbocycles. The summed E-state index contributed by atoms with van der Waals surface area (Å²) in [4.78, 5) is 0. The lowest BCUT2D eigenvalue weighted by molar-refractivity contribution is 0.336. The fourth-order valence-electron chi connectivity index (χ4n) is 1.38. The molecule has 0 aliphatic heterocycles. The van der Waals surface area contributed by atoms with Crippen molar-refractivity contribution < 1.29 is 0 Å². The van der Waals surface area contributed by atoms with Crippen LogP contribution in [0.1, 0.15) is 45.1 Å². The van der Waals surface area contributed by atoms with E-state index in [0.717, 1.165) is 11.4 Å². The van der Waals surface area contributed by atoms with E-state index in [-0.39, 0.29) is 11.6 Å². The number of aromatic nitrogens is 2. The van der Waals surface area contributed by atoms with Crippen molar-refractivity contribution >= 4 is 0 Å². The Kier molecular flexibility index (Phi) is 2.48. The first kappa shape index (κ1) is 10.3. The normalized spacial score (nSPS) is 14.6. The van der Waals surface area contributed by atoms with Gasteiger partial charge in [-0.05, 0) is 40.7 Å². The molecule has 1 aromatic heterocycles. The molecule has 1 atom stereocenters. The molecular formula is C10H19N3. The van der Waals surface area contributed by atoms with E-state index in [0.29, 0.717) is 0 Å². The zero-order chi connectivity index (χ0) is 10.2. The third-order valence-electron chi connectivity index (χ3n) is 1.96. The third kappa shape index (κ3) is 2.10. The summed E-state index contributed by atoms with van der Waals surface area (Å²) in [5, 5.41) is 4.44. The van der Waals surface area contributed by atoms with Gasteiger partial charge in [0.25, 0.3) is 0 Å². The smallest absolute Gasteiger partial charge is 0.0597 e. The average Bonchev–Trinajstić information content (AvgIpc) is 2.29. The number of hydrogen-bond acceptors (Lipinski definition) is 2. The van der Waals surface area contributed by atoms with E-state index in [9.17, 15) is 0 Å². The van der Waals surface area contributed by atoms with Crippen molar-refractivity contribution in [3.8, 4) is 0 Å². The van der Waals surface area contributed by atoms with E-state index in [2.05, 4.69) is 31.9 Å². The molecule has 0 saturated heterocycles. The molecule has 13 heavy (non-hydrogen) atoms. The SMILES string of the molecule is Cc1cc([C@@H](C)N)n(C(C)(C)C)n1. The van der Waals surface area contributed by atoms with Gasteiger partial charge < -0.3 is 5.73 Å². The van der Waals surface area contributed by atoms with E-state index in [4.69, 9.17) is 5.73 Å². The number of hydrogen-bond donors (Lipinski definition) is 1. The second kappa shape index (κ2) is 3.14. The Morgan fingerprint density at radius 2 is 2.00 bits per heavy atom. The molecular weight excluding hydrogens is 162 g/mol. The highest BCUT2D eigenvalue weighted by atomic mass is 15.3. The number of aryl methyl sites for hydroxylation is 1. The molecule has 1 aromatic rings. The van der Waals surface area contributed by atoms with E-state index < -0.39 is 0 Å². The molecule has 3 heteroatoms. The summed E-state index contributed by atoms with van der Waals surface area (Å²) in [5.41, 5.74) is 8.01. The fraction of sp³-hybridized carbons (Fsp3) is 0.700. The van der Waals surface area contributed by atoms with Crippen LogP contribution in [0, 0.1) is 6.92 Å². The average molecular weight is 181 g/mol. The van der Waals surface area contributed by atoms with Gasteiger partial charge in [0.15, 0.2) is 0 Å². The van der Waals surface area contributed by atoms with Crippen LogP contribution >= 0.6 is 0 Å². The van der Waals surface area contributed by atoms with Crippen LogP contribution in [0.25, 0.3) is 0 Å². The van der Waals surface area contributed by atoms with Crippen LogP contribution < -0.4 is 5.73 Å². The molecule has 1 heterocycles. The maximum absolute atomic E-state index is 5.86. The molecule has 2 N–H and O–H groups in total. The van der Waals surface area contributed by atoms with Gasteiger partial charge in [0, 0.05) is 6.04 Å². The van der Waals surface area contributed by atoms with E-state index in [1.165, 1.54) is 0 Å². The second-order valence-electron chi connectivity index (χ2n) is 4.58. The number of nitrogens with zero attached hydrogens (tertiary/aromatic N) is 2. The summed E-state index contributed by atoms with van der Waals surface area (Å²) in [7, 11) is 0. The summed E-state index contributed by atoms with van der Waals surface area (Å²) in [6.45, 7) is 10.4. The van der Waals surface area contributed by atoms with E-state index in [1.807, 2.05) is 18.5 Å². The minimum Gasteiger partial charge on any atom is -0.323 e. The van der Waals surface area contributed by atoms with Gasteiger partial charge in [-0.1, -0.05) is 0 Å². The zero-order valence-electron chi connectivity index (χ0n) is 9.13. The topological polar surface area (TPSA) is 43.8 Å². The minimum atomic E-state index is 0.0111. The Labute approximate surface area is 79.9 Å². The standard InChI is InChI=1S/C10H19N3/c1-7-6-9(8(2)11)13(12-7)10(3,4)5/h6,8H,11H2,1-5H3/t8-/m1/s1. The van der Waals surface area contributed by atoms with Crippen molar-refractivity contribution in [3.05, 3.63) is 17.5 Å². The minimum absolute atomic E-state index is 0.0111. The van der Waals surface area contributed by atoms with Crippen molar-refractivity contribution in [3.63, 3.8) is 0 Å². The largest absolute Gasteiger partial charge is 0.323 e. The van der Waals surface area contributed by atoms with Gasteiger partial charge >= 0.3 is 0 Å². The molecule has 74 valence electrons. The molecule has 0 aliphatic rings. The maximum atomic E-state index is 5.86. The summed E-state index contributed by atoms with van der Waals surface area (Å²) < 4.78 is 2.01. The summed E-state index contributed by atoms with van der Waals surface area (Å²) in [5.74, 6) is 0. The van der Waals surface area contributed by atoms with Gasteiger partial charge in [-0.3, -0.25) is 4.68 Å². The molecule has 0 aromatic carbocycles. The molecule has 1 rings (SSSR count). The predicted octanol–water partition coefficient (Wildman–Crippen LogP) is 1.97. The molecule has 3 nitrogen and oxygen atoms in total. The van der Waals surface area contributed by atoms with E-state index in [1.54, 1.807) is 0 Å². The fourth-order valence-corrected chi connectivity index (χ4v) is 1.38.